The van der Waals surface area contributed by atoms with Crippen LogP contribution in [0.2, 0.25) is 5.02 Å². The highest BCUT2D eigenvalue weighted by Crippen LogP contribution is 2.34. The highest BCUT2D eigenvalue weighted by molar-refractivity contribution is 7.13. The van der Waals surface area contributed by atoms with Crippen LogP contribution >= 0.6 is 22.9 Å². The predicted molar refractivity (Wildman–Crippen MR) is 102 cm³/mol. The van der Waals surface area contributed by atoms with Crippen LogP contribution in [0.5, 0.6) is 0 Å². The number of thiazole rings is 1. The zero-order valence-corrected chi connectivity index (χ0v) is 15.2. The second-order valence-corrected chi connectivity index (χ2v) is 6.95. The first kappa shape index (κ1) is 16.7. The summed E-state index contributed by atoms with van der Waals surface area (Å²) in [5, 5.41) is 11.3. The lowest BCUT2D eigenvalue weighted by atomic mass is 10.2. The first-order valence-electron chi connectivity index (χ1n) is 7.73. The lowest BCUT2D eigenvalue weighted by molar-refractivity contribution is 0.616. The molecule has 8 heteroatoms. The largest absolute Gasteiger partial charge is 0.382 e. The van der Waals surface area contributed by atoms with Crippen LogP contribution in [0.1, 0.15) is 5.56 Å². The van der Waals surface area contributed by atoms with Crippen molar-refractivity contribution >= 4 is 28.8 Å². The van der Waals surface area contributed by atoms with E-state index in [1.807, 2.05) is 29.6 Å². The molecule has 26 heavy (non-hydrogen) atoms. The zero-order valence-electron chi connectivity index (χ0n) is 13.6. The van der Waals surface area contributed by atoms with Crippen molar-refractivity contribution in [3.63, 3.8) is 0 Å². The van der Waals surface area contributed by atoms with Gasteiger partial charge in [0.1, 0.15) is 10.8 Å². The fraction of sp³-hybridized carbons (Fsp3) is 0.0556. The van der Waals surface area contributed by atoms with Crippen molar-refractivity contribution in [2.24, 2.45) is 0 Å². The van der Waals surface area contributed by atoms with Gasteiger partial charge < -0.3 is 5.73 Å². The van der Waals surface area contributed by atoms with E-state index in [1.165, 1.54) is 22.1 Å². The summed E-state index contributed by atoms with van der Waals surface area (Å²) in [7, 11) is 0. The molecular weight excluding hydrogens is 373 g/mol. The molecule has 2 aromatic heterocycles. The second-order valence-electron chi connectivity index (χ2n) is 5.69. The molecule has 0 spiro atoms. The normalized spacial score (nSPS) is 11.0. The third-order valence-electron chi connectivity index (χ3n) is 3.96. The lowest BCUT2D eigenvalue weighted by Crippen LogP contribution is -2.03. The number of rotatable bonds is 3. The number of nitrogens with zero attached hydrogens (tertiary/aromatic N) is 4. The molecule has 0 saturated carbocycles. The van der Waals surface area contributed by atoms with E-state index in [0.29, 0.717) is 32.8 Å². The van der Waals surface area contributed by atoms with Crippen molar-refractivity contribution < 1.29 is 4.39 Å². The topological polar surface area (TPSA) is 69.6 Å². The van der Waals surface area contributed by atoms with E-state index in [9.17, 15) is 4.39 Å². The van der Waals surface area contributed by atoms with Gasteiger partial charge in [0, 0.05) is 16.0 Å². The van der Waals surface area contributed by atoms with Crippen molar-refractivity contribution in [1.82, 2.24) is 20.0 Å². The lowest BCUT2D eigenvalue weighted by Gasteiger charge is -2.04. The summed E-state index contributed by atoms with van der Waals surface area (Å²) in [4.78, 5) is 4.58. The zero-order chi connectivity index (χ0) is 18.3. The fourth-order valence-corrected chi connectivity index (χ4v) is 3.56. The fourth-order valence-electron chi connectivity index (χ4n) is 2.52. The number of hydrogen-bond donors (Lipinski definition) is 1. The van der Waals surface area contributed by atoms with E-state index in [2.05, 4.69) is 15.3 Å². The average Bonchev–Trinajstić information content (AvgIpc) is 3.24. The number of halogens is 2. The molecule has 0 aliphatic heterocycles. The van der Waals surface area contributed by atoms with E-state index in [0.717, 1.165) is 11.3 Å². The Hall–Kier alpha value is -2.77. The van der Waals surface area contributed by atoms with E-state index in [1.54, 1.807) is 19.1 Å². The van der Waals surface area contributed by atoms with Crippen LogP contribution in [-0.4, -0.2) is 20.0 Å². The standard InChI is InChI=1S/C18H13ClFN5S/c1-10-6-7-11(8-14(10)20)25-17(21)16(23-24-25)18-22-15(9-26-18)12-4-2-3-5-13(12)19/h2-9H,21H2,1H3. The van der Waals surface area contributed by atoms with Gasteiger partial charge in [0.2, 0.25) is 0 Å². The molecule has 0 atom stereocenters. The number of anilines is 1. The molecule has 5 nitrogen and oxygen atoms in total. The van der Waals surface area contributed by atoms with Gasteiger partial charge in [0.15, 0.2) is 11.5 Å². The van der Waals surface area contributed by atoms with Crippen molar-refractivity contribution in [2.75, 3.05) is 5.73 Å². The van der Waals surface area contributed by atoms with Crippen LogP contribution in [0.25, 0.3) is 27.6 Å². The third kappa shape index (κ3) is 2.85. The Labute approximate surface area is 157 Å². The van der Waals surface area contributed by atoms with Gasteiger partial charge in [-0.05, 0) is 30.7 Å². The molecule has 0 aliphatic rings. The summed E-state index contributed by atoms with van der Waals surface area (Å²) >= 11 is 7.62. The maximum atomic E-state index is 13.8. The molecule has 0 radical (unpaired) electrons. The molecule has 0 amide bonds. The molecule has 0 fully saturated rings. The highest BCUT2D eigenvalue weighted by Gasteiger charge is 2.18. The first-order valence-corrected chi connectivity index (χ1v) is 8.99. The van der Waals surface area contributed by atoms with Gasteiger partial charge in [0.05, 0.1) is 11.4 Å². The van der Waals surface area contributed by atoms with Crippen LogP contribution in [0, 0.1) is 12.7 Å². The van der Waals surface area contributed by atoms with Crippen LogP contribution in [0.3, 0.4) is 0 Å². The Morgan fingerprint density at radius 1 is 1.19 bits per heavy atom. The summed E-state index contributed by atoms with van der Waals surface area (Å²) in [6, 6.07) is 12.3. The monoisotopic (exact) mass is 385 g/mol. The van der Waals surface area contributed by atoms with Gasteiger partial charge in [0.25, 0.3) is 0 Å². The molecule has 0 unspecified atom stereocenters. The van der Waals surface area contributed by atoms with Gasteiger partial charge in [-0.2, -0.15) is 4.68 Å². The SMILES string of the molecule is Cc1ccc(-n2nnc(-c3nc(-c4ccccc4Cl)cs3)c2N)cc1F. The smallest absolute Gasteiger partial charge is 0.165 e. The molecule has 0 saturated heterocycles. The molecule has 4 rings (SSSR count). The summed E-state index contributed by atoms with van der Waals surface area (Å²) in [6.07, 6.45) is 0. The molecule has 0 aliphatic carbocycles. The van der Waals surface area contributed by atoms with E-state index in [4.69, 9.17) is 17.3 Å². The average molecular weight is 386 g/mol. The molecular formula is C18H13ClFN5S. The summed E-state index contributed by atoms with van der Waals surface area (Å²) < 4.78 is 15.2. The third-order valence-corrected chi connectivity index (χ3v) is 5.14. The van der Waals surface area contributed by atoms with Gasteiger partial charge >= 0.3 is 0 Å². The van der Waals surface area contributed by atoms with Crippen molar-refractivity contribution in [3.05, 3.63) is 64.2 Å². The second kappa shape index (κ2) is 6.51. The Morgan fingerprint density at radius 3 is 2.77 bits per heavy atom. The van der Waals surface area contributed by atoms with E-state index in [-0.39, 0.29) is 5.82 Å². The molecule has 0 bridgehead atoms. The minimum Gasteiger partial charge on any atom is -0.382 e. The van der Waals surface area contributed by atoms with Gasteiger partial charge in [-0.25, -0.2) is 9.37 Å². The van der Waals surface area contributed by atoms with Gasteiger partial charge in [-0.15, -0.1) is 16.4 Å². The van der Waals surface area contributed by atoms with Crippen molar-refractivity contribution in [1.29, 1.82) is 0 Å². The van der Waals surface area contributed by atoms with Crippen molar-refractivity contribution in [2.45, 2.75) is 6.92 Å². The Bertz CT molecular complexity index is 1100. The van der Waals surface area contributed by atoms with E-state index < -0.39 is 0 Å². The summed E-state index contributed by atoms with van der Waals surface area (Å²) in [6.45, 7) is 1.70. The minimum atomic E-state index is -0.325. The molecule has 4 aromatic rings. The maximum absolute atomic E-state index is 13.8. The van der Waals surface area contributed by atoms with Crippen LogP contribution in [0.15, 0.2) is 47.8 Å². The summed E-state index contributed by atoms with van der Waals surface area (Å²) in [5.74, 6) is -0.0254. The minimum absolute atomic E-state index is 0.299. The summed E-state index contributed by atoms with van der Waals surface area (Å²) in [5.41, 5.74) is 9.28. The Morgan fingerprint density at radius 2 is 2.00 bits per heavy atom. The Balaban J connectivity index is 1.73. The highest BCUT2D eigenvalue weighted by atomic mass is 35.5. The van der Waals surface area contributed by atoms with Crippen LogP contribution in [-0.2, 0) is 0 Å². The number of nitrogen functional groups attached to an aromatic ring is 1. The predicted octanol–water partition coefficient (Wildman–Crippen LogP) is 4.74. The molecule has 2 heterocycles. The van der Waals surface area contributed by atoms with Gasteiger partial charge in [-0.3, -0.25) is 0 Å². The first-order chi connectivity index (χ1) is 12.5. The number of benzene rings is 2. The number of aromatic nitrogens is 4. The quantitative estimate of drug-likeness (QED) is 0.553. The molecule has 2 N–H and O–H groups in total. The maximum Gasteiger partial charge on any atom is 0.165 e. The number of aryl methyl sites for hydroxylation is 1. The number of hydrogen-bond acceptors (Lipinski definition) is 5. The Kier molecular flexibility index (Phi) is 4.18. The van der Waals surface area contributed by atoms with Crippen molar-refractivity contribution in [3.8, 4) is 27.6 Å². The molecule has 2 aromatic carbocycles. The molecule has 130 valence electrons. The van der Waals surface area contributed by atoms with E-state index >= 15 is 0 Å². The number of nitrogens with two attached hydrogens (primary N) is 1. The van der Waals surface area contributed by atoms with Crippen LogP contribution < -0.4 is 5.73 Å². The van der Waals surface area contributed by atoms with Gasteiger partial charge in [-0.1, -0.05) is 41.1 Å². The van der Waals surface area contributed by atoms with Crippen LogP contribution in [0.4, 0.5) is 10.2 Å².